The molecule has 1 N–H and O–H groups in total. The number of alkyl halides is 3. The molecule has 3 aromatic carbocycles. The van der Waals surface area contributed by atoms with Crippen LogP contribution in [0, 0.1) is 13.8 Å². The van der Waals surface area contributed by atoms with E-state index >= 15 is 0 Å². The summed E-state index contributed by atoms with van der Waals surface area (Å²) in [6.07, 6.45) is -3.72. The molecule has 0 fully saturated rings. The first kappa shape index (κ1) is 25.0. The third kappa shape index (κ3) is 6.02. The van der Waals surface area contributed by atoms with Gasteiger partial charge in [0, 0.05) is 5.56 Å². The molecule has 0 aliphatic carbocycles. The van der Waals surface area contributed by atoms with Crippen LogP contribution in [0.2, 0.25) is 0 Å². The van der Waals surface area contributed by atoms with E-state index in [1.54, 1.807) is 43.3 Å². The fourth-order valence-electron chi connectivity index (χ4n) is 3.14. The highest BCUT2D eigenvalue weighted by atomic mass is 32.2. The molecule has 0 saturated heterocycles. The Hall–Kier alpha value is -3.66. The van der Waals surface area contributed by atoms with Crippen LogP contribution in [0.25, 0.3) is 0 Å². The molecule has 178 valence electrons. The molecule has 0 atom stereocenters. The minimum absolute atomic E-state index is 0.00462. The Labute approximate surface area is 195 Å². The fourth-order valence-corrected chi connectivity index (χ4v) is 4.56. The van der Waals surface area contributed by atoms with Crippen LogP contribution in [0.1, 0.15) is 22.3 Å². The zero-order valence-electron chi connectivity index (χ0n) is 18.4. The Kier molecular flexibility index (Phi) is 7.41. The van der Waals surface area contributed by atoms with E-state index in [1.165, 1.54) is 30.3 Å². The summed E-state index contributed by atoms with van der Waals surface area (Å²) in [4.78, 5) is 12.6. The fraction of sp³-hybridized carbons (Fsp3) is 0.167. The number of carbonyl (C=O) groups excluding carboxylic acids is 1. The number of sulfonamides is 1. The van der Waals surface area contributed by atoms with Gasteiger partial charge in [-0.1, -0.05) is 48.0 Å². The van der Waals surface area contributed by atoms with Crippen LogP contribution < -0.4 is 9.73 Å². The lowest BCUT2D eigenvalue weighted by Gasteiger charge is -2.24. The molecule has 6 nitrogen and oxygen atoms in total. The molecule has 0 heterocycles. The third-order valence-corrected chi connectivity index (χ3v) is 6.63. The number of nitrogens with one attached hydrogen (secondary N) is 1. The molecule has 0 bridgehead atoms. The predicted octanol–water partition coefficient (Wildman–Crippen LogP) is 4.67. The van der Waals surface area contributed by atoms with Crippen LogP contribution in [0.5, 0.6) is 0 Å². The van der Waals surface area contributed by atoms with Gasteiger partial charge in [-0.3, -0.25) is 9.10 Å². The molecule has 0 unspecified atom stereocenters. The van der Waals surface area contributed by atoms with Crippen LogP contribution >= 0.6 is 0 Å². The maximum Gasteiger partial charge on any atom is 0.417 e. The van der Waals surface area contributed by atoms with E-state index in [-0.39, 0.29) is 16.1 Å². The van der Waals surface area contributed by atoms with Crippen LogP contribution in [0.15, 0.2) is 82.8 Å². The third-order valence-electron chi connectivity index (χ3n) is 4.84. The van der Waals surface area contributed by atoms with Crippen molar-refractivity contribution in [2.24, 2.45) is 5.10 Å². The molecule has 0 aliphatic heterocycles. The first-order valence-electron chi connectivity index (χ1n) is 10.1. The highest BCUT2D eigenvalue weighted by molar-refractivity contribution is 7.92. The molecule has 0 radical (unpaired) electrons. The van der Waals surface area contributed by atoms with Crippen molar-refractivity contribution < 1.29 is 26.4 Å². The first-order valence-corrected chi connectivity index (χ1v) is 11.6. The van der Waals surface area contributed by atoms with Gasteiger partial charge in [0.15, 0.2) is 0 Å². The Morgan fingerprint density at radius 1 is 0.971 bits per heavy atom. The number of aryl methyl sites for hydroxylation is 2. The zero-order valence-corrected chi connectivity index (χ0v) is 19.2. The van der Waals surface area contributed by atoms with Gasteiger partial charge in [0.25, 0.3) is 15.9 Å². The summed E-state index contributed by atoms with van der Waals surface area (Å²) >= 11 is 0. The molecule has 0 spiro atoms. The second-order valence-electron chi connectivity index (χ2n) is 7.54. The largest absolute Gasteiger partial charge is 0.417 e. The summed E-state index contributed by atoms with van der Waals surface area (Å²) in [5.41, 5.74) is 2.89. The van der Waals surface area contributed by atoms with Crippen molar-refractivity contribution in [3.8, 4) is 0 Å². The number of carbonyl (C=O) groups is 1. The Morgan fingerprint density at radius 3 is 2.29 bits per heavy atom. The molecule has 3 aromatic rings. The van der Waals surface area contributed by atoms with Crippen LogP contribution in [-0.4, -0.2) is 27.1 Å². The maximum atomic E-state index is 13.3. The average molecular weight is 490 g/mol. The van der Waals surface area contributed by atoms with Gasteiger partial charge < -0.3 is 0 Å². The standard InChI is InChI=1S/C24H22F3N3O3S/c1-17-10-12-21(13-11-17)34(32,33)30(20-8-5-6-18(2)14-20)16-23(31)29-28-15-19-7-3-4-9-22(19)24(25,26)27/h3-15H,16H2,1-2H3,(H,29,31)/b28-15-. The minimum atomic E-state index is -4.59. The number of nitrogens with zero attached hydrogens (tertiary/aromatic N) is 2. The van der Waals surface area contributed by atoms with Crippen molar-refractivity contribution in [3.05, 3.63) is 95.1 Å². The van der Waals surface area contributed by atoms with Crippen LogP contribution in [-0.2, 0) is 21.0 Å². The van der Waals surface area contributed by atoms with Gasteiger partial charge in [-0.15, -0.1) is 0 Å². The summed E-state index contributed by atoms with van der Waals surface area (Å²) in [6, 6.07) is 17.5. The van der Waals surface area contributed by atoms with Crippen molar-refractivity contribution in [1.29, 1.82) is 0 Å². The summed E-state index contributed by atoms with van der Waals surface area (Å²) in [6.45, 7) is 2.97. The highest BCUT2D eigenvalue weighted by Gasteiger charge is 2.32. The van der Waals surface area contributed by atoms with Gasteiger partial charge in [0.2, 0.25) is 0 Å². The number of hydrogen-bond donors (Lipinski definition) is 1. The molecule has 0 aliphatic rings. The molecule has 0 aromatic heterocycles. The molecular weight excluding hydrogens is 467 g/mol. The topological polar surface area (TPSA) is 78.8 Å². The van der Waals surface area contributed by atoms with Gasteiger partial charge in [0.05, 0.1) is 22.4 Å². The van der Waals surface area contributed by atoms with Crippen molar-refractivity contribution in [1.82, 2.24) is 5.43 Å². The molecule has 10 heteroatoms. The number of hydrogen-bond acceptors (Lipinski definition) is 4. The van der Waals surface area contributed by atoms with Gasteiger partial charge in [-0.05, 0) is 49.7 Å². The summed E-state index contributed by atoms with van der Waals surface area (Å²) < 4.78 is 66.9. The molecule has 1 amide bonds. The minimum Gasteiger partial charge on any atom is -0.271 e. The summed E-state index contributed by atoms with van der Waals surface area (Å²) in [5.74, 6) is -0.821. The predicted molar refractivity (Wildman–Crippen MR) is 124 cm³/mol. The summed E-state index contributed by atoms with van der Waals surface area (Å²) in [7, 11) is -4.11. The normalized spacial score (nSPS) is 12.0. The first-order chi connectivity index (χ1) is 16.0. The van der Waals surface area contributed by atoms with Crippen molar-refractivity contribution in [2.45, 2.75) is 24.9 Å². The van der Waals surface area contributed by atoms with E-state index in [1.807, 2.05) is 6.92 Å². The molecule has 3 rings (SSSR count). The quantitative estimate of drug-likeness (QED) is 0.387. The van der Waals surface area contributed by atoms with Crippen molar-refractivity contribution >= 4 is 27.8 Å². The SMILES string of the molecule is Cc1ccc(S(=O)(=O)N(CC(=O)N/N=C\c2ccccc2C(F)(F)F)c2cccc(C)c2)cc1. The van der Waals surface area contributed by atoms with E-state index in [2.05, 4.69) is 10.5 Å². The van der Waals surface area contributed by atoms with E-state index in [0.29, 0.717) is 0 Å². The monoisotopic (exact) mass is 489 g/mol. The van der Waals surface area contributed by atoms with E-state index in [4.69, 9.17) is 0 Å². The lowest BCUT2D eigenvalue weighted by molar-refractivity contribution is -0.137. The average Bonchev–Trinajstić information content (AvgIpc) is 2.77. The lowest BCUT2D eigenvalue weighted by atomic mass is 10.1. The smallest absolute Gasteiger partial charge is 0.271 e. The Bertz CT molecular complexity index is 1300. The van der Waals surface area contributed by atoms with Gasteiger partial charge >= 0.3 is 6.18 Å². The Balaban J connectivity index is 1.86. The molecule has 0 saturated carbocycles. The van der Waals surface area contributed by atoms with Gasteiger partial charge in [-0.2, -0.15) is 18.3 Å². The number of amides is 1. The number of benzene rings is 3. The maximum absolute atomic E-state index is 13.3. The number of halogens is 3. The number of rotatable bonds is 7. The van der Waals surface area contributed by atoms with E-state index in [9.17, 15) is 26.4 Å². The van der Waals surface area contributed by atoms with Gasteiger partial charge in [-0.25, -0.2) is 13.8 Å². The summed E-state index contributed by atoms with van der Waals surface area (Å²) in [5, 5.41) is 3.60. The second-order valence-corrected chi connectivity index (χ2v) is 9.40. The van der Waals surface area contributed by atoms with Crippen LogP contribution in [0.4, 0.5) is 18.9 Å². The van der Waals surface area contributed by atoms with Crippen molar-refractivity contribution in [3.63, 3.8) is 0 Å². The van der Waals surface area contributed by atoms with Gasteiger partial charge in [0.1, 0.15) is 6.54 Å². The molecule has 34 heavy (non-hydrogen) atoms. The molecular formula is C24H22F3N3O3S. The van der Waals surface area contributed by atoms with E-state index < -0.39 is 34.2 Å². The Morgan fingerprint density at radius 2 is 1.65 bits per heavy atom. The second kappa shape index (κ2) is 10.1. The number of hydrazone groups is 1. The van der Waals surface area contributed by atoms with E-state index in [0.717, 1.165) is 27.7 Å². The lowest BCUT2D eigenvalue weighted by Crippen LogP contribution is -2.39. The van der Waals surface area contributed by atoms with Crippen LogP contribution in [0.3, 0.4) is 0 Å². The van der Waals surface area contributed by atoms with Crippen molar-refractivity contribution in [2.75, 3.05) is 10.8 Å². The number of anilines is 1. The highest BCUT2D eigenvalue weighted by Crippen LogP contribution is 2.31. The zero-order chi connectivity index (χ0) is 24.9.